The number of likely N-dealkylation sites (tertiary alicyclic amines) is 1. The molecule has 0 bridgehead atoms. The van der Waals surface area contributed by atoms with Crippen molar-refractivity contribution in [3.05, 3.63) is 57.7 Å². The maximum atomic E-state index is 13.2. The normalized spacial score (nSPS) is 18.5. The molecule has 0 amide bonds. The molecule has 1 aromatic carbocycles. The van der Waals surface area contributed by atoms with Gasteiger partial charge in [0.2, 0.25) is 0 Å². The predicted octanol–water partition coefficient (Wildman–Crippen LogP) is 3.13. The molecule has 166 valence electrons. The molecule has 5 heterocycles. The van der Waals surface area contributed by atoms with Crippen molar-refractivity contribution in [2.75, 3.05) is 33.2 Å². The van der Waals surface area contributed by atoms with Crippen LogP contribution in [0.5, 0.6) is 0 Å². The summed E-state index contributed by atoms with van der Waals surface area (Å²) in [4.78, 5) is 29.4. The fourth-order valence-electron chi connectivity index (χ4n) is 5.25. The van der Waals surface area contributed by atoms with Crippen LogP contribution in [0.15, 0.2) is 41.7 Å². The zero-order valence-corrected chi connectivity index (χ0v) is 19.2. The van der Waals surface area contributed by atoms with Crippen LogP contribution in [0.25, 0.3) is 21.3 Å². The van der Waals surface area contributed by atoms with E-state index in [9.17, 15) is 4.79 Å². The second-order valence-electron chi connectivity index (χ2n) is 9.13. The SMILES string of the molecule is CN1CCc2c(sc3ncn(CCN4CCC(n5cnc6ccccc65)CC4)c(=O)c23)C1. The molecule has 0 radical (unpaired) electrons. The molecule has 4 aromatic rings. The molecule has 7 nitrogen and oxygen atoms in total. The van der Waals surface area contributed by atoms with Crippen molar-refractivity contribution in [3.63, 3.8) is 0 Å². The lowest BCUT2D eigenvalue weighted by Gasteiger charge is -2.32. The molecule has 6 rings (SSSR count). The van der Waals surface area contributed by atoms with Crippen molar-refractivity contribution in [1.29, 1.82) is 0 Å². The van der Waals surface area contributed by atoms with Gasteiger partial charge in [-0.05, 0) is 44.0 Å². The van der Waals surface area contributed by atoms with Gasteiger partial charge in [0, 0.05) is 50.2 Å². The van der Waals surface area contributed by atoms with E-state index in [1.807, 2.05) is 17.0 Å². The first-order valence-corrected chi connectivity index (χ1v) is 12.3. The summed E-state index contributed by atoms with van der Waals surface area (Å²) in [7, 11) is 2.14. The van der Waals surface area contributed by atoms with Crippen molar-refractivity contribution >= 4 is 32.6 Å². The topological polar surface area (TPSA) is 59.2 Å². The number of para-hydroxylation sites is 2. The van der Waals surface area contributed by atoms with Gasteiger partial charge in [-0.1, -0.05) is 12.1 Å². The highest BCUT2D eigenvalue weighted by Crippen LogP contribution is 2.31. The molecule has 0 spiro atoms. The Morgan fingerprint density at radius 1 is 1.06 bits per heavy atom. The van der Waals surface area contributed by atoms with Gasteiger partial charge in [-0.15, -0.1) is 11.3 Å². The van der Waals surface area contributed by atoms with Gasteiger partial charge in [0.1, 0.15) is 4.83 Å². The van der Waals surface area contributed by atoms with Crippen molar-refractivity contribution in [2.24, 2.45) is 0 Å². The van der Waals surface area contributed by atoms with Gasteiger partial charge in [-0.2, -0.15) is 0 Å². The Hall–Kier alpha value is -2.55. The lowest BCUT2D eigenvalue weighted by molar-refractivity contribution is 0.182. The number of hydrogen-bond acceptors (Lipinski definition) is 6. The van der Waals surface area contributed by atoms with Crippen LogP contribution >= 0.6 is 11.3 Å². The zero-order valence-electron chi connectivity index (χ0n) is 18.4. The molecule has 32 heavy (non-hydrogen) atoms. The molecule has 0 saturated carbocycles. The maximum Gasteiger partial charge on any atom is 0.262 e. The largest absolute Gasteiger partial charge is 0.327 e. The van der Waals surface area contributed by atoms with Crippen LogP contribution in [-0.4, -0.2) is 62.1 Å². The van der Waals surface area contributed by atoms with Gasteiger partial charge >= 0.3 is 0 Å². The minimum atomic E-state index is 0.136. The van der Waals surface area contributed by atoms with Gasteiger partial charge in [0.05, 0.1) is 29.1 Å². The average molecular weight is 449 g/mol. The summed E-state index contributed by atoms with van der Waals surface area (Å²) in [6.07, 6.45) is 6.91. The quantitative estimate of drug-likeness (QED) is 0.480. The molecule has 2 aliphatic heterocycles. The summed E-state index contributed by atoms with van der Waals surface area (Å²) in [5.74, 6) is 0. The second kappa shape index (κ2) is 8.10. The van der Waals surface area contributed by atoms with Crippen LogP contribution in [0.2, 0.25) is 0 Å². The fourth-order valence-corrected chi connectivity index (χ4v) is 6.50. The molecule has 2 aliphatic rings. The highest BCUT2D eigenvalue weighted by atomic mass is 32.1. The molecule has 0 aliphatic carbocycles. The van der Waals surface area contributed by atoms with E-state index in [1.165, 1.54) is 16.0 Å². The standard InChI is InChI=1S/C24H28N6OS/c1-27-9-8-18-21(14-27)32-23-22(18)24(31)29(15-26-23)13-12-28-10-6-17(7-11-28)30-16-25-19-4-2-3-5-20(19)30/h2-5,15-17H,6-14H2,1H3. The molecule has 1 fully saturated rings. The molecule has 1 saturated heterocycles. The number of fused-ring (bicyclic) bond motifs is 4. The third kappa shape index (κ3) is 3.46. The molecule has 8 heteroatoms. The van der Waals surface area contributed by atoms with Crippen molar-refractivity contribution in [1.82, 2.24) is 28.9 Å². The lowest BCUT2D eigenvalue weighted by Crippen LogP contribution is -2.37. The second-order valence-corrected chi connectivity index (χ2v) is 10.2. The van der Waals surface area contributed by atoms with Crippen LogP contribution in [0.3, 0.4) is 0 Å². The molecule has 0 atom stereocenters. The number of rotatable bonds is 4. The molecule has 3 aromatic heterocycles. The first-order chi connectivity index (χ1) is 15.7. The molecular formula is C24H28N6OS. The summed E-state index contributed by atoms with van der Waals surface area (Å²) in [6, 6.07) is 8.86. The number of benzene rings is 1. The number of nitrogens with zero attached hydrogens (tertiary/aromatic N) is 6. The number of thiophene rings is 1. The smallest absolute Gasteiger partial charge is 0.262 e. The Bertz CT molecular complexity index is 1330. The maximum absolute atomic E-state index is 13.2. The predicted molar refractivity (Wildman–Crippen MR) is 128 cm³/mol. The van der Waals surface area contributed by atoms with Gasteiger partial charge in [-0.3, -0.25) is 9.36 Å². The minimum absolute atomic E-state index is 0.136. The number of piperidine rings is 1. The number of hydrogen-bond donors (Lipinski definition) is 0. The Kier molecular flexibility index (Phi) is 5.08. The molecule has 0 N–H and O–H groups in total. The monoisotopic (exact) mass is 448 g/mol. The van der Waals surface area contributed by atoms with Crippen LogP contribution in [-0.2, 0) is 19.5 Å². The van der Waals surface area contributed by atoms with E-state index < -0.39 is 0 Å². The minimum Gasteiger partial charge on any atom is -0.327 e. The highest BCUT2D eigenvalue weighted by molar-refractivity contribution is 7.18. The van der Waals surface area contributed by atoms with Crippen molar-refractivity contribution in [3.8, 4) is 0 Å². The van der Waals surface area contributed by atoms with Gasteiger partial charge < -0.3 is 14.4 Å². The highest BCUT2D eigenvalue weighted by Gasteiger charge is 2.24. The Balaban J connectivity index is 1.13. The number of imidazole rings is 1. The van der Waals surface area contributed by atoms with Crippen LogP contribution in [0.1, 0.15) is 29.3 Å². The van der Waals surface area contributed by atoms with E-state index >= 15 is 0 Å². The van der Waals surface area contributed by atoms with E-state index in [2.05, 4.69) is 49.6 Å². The van der Waals surface area contributed by atoms with Gasteiger partial charge in [-0.25, -0.2) is 9.97 Å². The fraction of sp³-hybridized carbons (Fsp3) is 0.458. The Morgan fingerprint density at radius 3 is 2.78 bits per heavy atom. The average Bonchev–Trinajstić information content (AvgIpc) is 3.40. The molecular weight excluding hydrogens is 420 g/mol. The van der Waals surface area contributed by atoms with Crippen LogP contribution < -0.4 is 5.56 Å². The molecule has 0 unspecified atom stereocenters. The zero-order chi connectivity index (χ0) is 21.7. The van der Waals surface area contributed by atoms with Crippen molar-refractivity contribution in [2.45, 2.75) is 38.4 Å². The lowest BCUT2D eigenvalue weighted by atomic mass is 10.0. The van der Waals surface area contributed by atoms with E-state index in [0.29, 0.717) is 12.6 Å². The third-order valence-corrected chi connectivity index (χ3v) is 8.23. The van der Waals surface area contributed by atoms with Crippen molar-refractivity contribution < 1.29 is 0 Å². The van der Waals surface area contributed by atoms with E-state index in [-0.39, 0.29) is 5.56 Å². The third-order valence-electron chi connectivity index (χ3n) is 7.11. The Labute approximate surface area is 190 Å². The summed E-state index contributed by atoms with van der Waals surface area (Å²) >= 11 is 1.69. The van der Waals surface area contributed by atoms with Crippen LogP contribution in [0, 0.1) is 0 Å². The Morgan fingerprint density at radius 2 is 1.91 bits per heavy atom. The summed E-state index contributed by atoms with van der Waals surface area (Å²) in [5, 5.41) is 0.867. The van der Waals surface area contributed by atoms with Gasteiger partial charge in [0.15, 0.2) is 0 Å². The van der Waals surface area contributed by atoms with Gasteiger partial charge in [0.25, 0.3) is 5.56 Å². The first kappa shape index (κ1) is 20.1. The van der Waals surface area contributed by atoms with E-state index in [0.717, 1.165) is 67.7 Å². The van der Waals surface area contributed by atoms with Crippen LogP contribution in [0.4, 0.5) is 0 Å². The first-order valence-electron chi connectivity index (χ1n) is 11.5. The number of aromatic nitrogens is 4. The summed E-state index contributed by atoms with van der Waals surface area (Å²) in [5.41, 5.74) is 3.67. The van der Waals surface area contributed by atoms with E-state index in [4.69, 9.17) is 0 Å². The number of likely N-dealkylation sites (N-methyl/N-ethyl adjacent to an activating group) is 1. The summed E-state index contributed by atoms with van der Waals surface area (Å²) < 4.78 is 4.16. The summed E-state index contributed by atoms with van der Waals surface area (Å²) in [6.45, 7) is 5.61. The van der Waals surface area contributed by atoms with E-state index in [1.54, 1.807) is 17.7 Å².